The van der Waals surface area contributed by atoms with Crippen molar-refractivity contribution in [3.8, 4) is 0 Å². The lowest BCUT2D eigenvalue weighted by Crippen LogP contribution is -2.48. The predicted octanol–water partition coefficient (Wildman–Crippen LogP) is 1.55. The molecule has 0 bridgehead atoms. The fourth-order valence-electron chi connectivity index (χ4n) is 2.84. The van der Waals surface area contributed by atoms with Gasteiger partial charge in [-0.1, -0.05) is 18.2 Å². The van der Waals surface area contributed by atoms with Crippen LogP contribution < -0.4 is 4.90 Å². The number of anilines is 2. The Morgan fingerprint density at radius 2 is 1.88 bits per heavy atom. The molecule has 2 aromatic rings. The van der Waals surface area contributed by atoms with Crippen molar-refractivity contribution in [2.75, 3.05) is 37.6 Å². The lowest BCUT2D eigenvalue weighted by Gasteiger charge is -2.32. The van der Waals surface area contributed by atoms with Gasteiger partial charge in [-0.3, -0.25) is 9.59 Å². The summed E-state index contributed by atoms with van der Waals surface area (Å²) < 4.78 is 0. The van der Waals surface area contributed by atoms with E-state index in [1.807, 2.05) is 42.2 Å². The molecular formula is C18H21N5O2. The molecule has 0 aliphatic carbocycles. The second-order valence-corrected chi connectivity index (χ2v) is 5.76. The minimum Gasteiger partial charge on any atom is -0.342 e. The van der Waals surface area contributed by atoms with Crippen molar-refractivity contribution in [3.05, 3.63) is 48.3 Å². The Bertz CT molecular complexity index is 729. The van der Waals surface area contributed by atoms with Gasteiger partial charge in [0.15, 0.2) is 0 Å². The molecule has 0 unspecified atom stereocenters. The molecule has 1 aromatic heterocycles. The fraction of sp³-hybridized carbons (Fsp3) is 0.333. The molecule has 3 rings (SSSR count). The number of aromatic nitrogens is 2. The van der Waals surface area contributed by atoms with Crippen LogP contribution in [0.15, 0.2) is 42.6 Å². The van der Waals surface area contributed by atoms with Crippen LogP contribution in [0, 0.1) is 0 Å². The first kappa shape index (κ1) is 16.9. The summed E-state index contributed by atoms with van der Waals surface area (Å²) in [6, 6.07) is 11.5. The van der Waals surface area contributed by atoms with Crippen molar-refractivity contribution in [2.45, 2.75) is 6.92 Å². The van der Waals surface area contributed by atoms with Crippen LogP contribution in [0.4, 0.5) is 11.6 Å². The SMILES string of the molecule is CCN(c1ccccc1)c1nccc(C(=O)N2CCN(C=O)CC2)n1. The molecule has 1 fully saturated rings. The minimum atomic E-state index is -0.127. The number of hydrogen-bond acceptors (Lipinski definition) is 5. The highest BCUT2D eigenvalue weighted by molar-refractivity contribution is 5.92. The van der Waals surface area contributed by atoms with Gasteiger partial charge in [0.05, 0.1) is 0 Å². The predicted molar refractivity (Wildman–Crippen MR) is 94.7 cm³/mol. The molecule has 1 aromatic carbocycles. The number of rotatable bonds is 5. The quantitative estimate of drug-likeness (QED) is 0.773. The fourth-order valence-corrected chi connectivity index (χ4v) is 2.84. The highest BCUT2D eigenvalue weighted by Crippen LogP contribution is 2.21. The van der Waals surface area contributed by atoms with E-state index in [4.69, 9.17) is 0 Å². The summed E-state index contributed by atoms with van der Waals surface area (Å²) in [6.07, 6.45) is 2.44. The molecule has 0 atom stereocenters. The number of nitrogens with zero attached hydrogens (tertiary/aromatic N) is 5. The van der Waals surface area contributed by atoms with Crippen LogP contribution in [0.1, 0.15) is 17.4 Å². The largest absolute Gasteiger partial charge is 0.342 e. The van der Waals surface area contributed by atoms with E-state index in [0.29, 0.717) is 44.4 Å². The lowest BCUT2D eigenvalue weighted by atomic mass is 10.2. The normalized spacial score (nSPS) is 14.3. The van der Waals surface area contributed by atoms with Gasteiger partial charge in [-0.2, -0.15) is 0 Å². The molecule has 130 valence electrons. The molecule has 25 heavy (non-hydrogen) atoms. The van der Waals surface area contributed by atoms with E-state index < -0.39 is 0 Å². The summed E-state index contributed by atoms with van der Waals surface area (Å²) in [5, 5.41) is 0. The van der Waals surface area contributed by atoms with E-state index in [0.717, 1.165) is 12.1 Å². The summed E-state index contributed by atoms with van der Waals surface area (Å²) in [5.41, 5.74) is 1.35. The number of piperazine rings is 1. The van der Waals surface area contributed by atoms with Gasteiger partial charge in [0.1, 0.15) is 5.69 Å². The Labute approximate surface area is 146 Å². The Morgan fingerprint density at radius 1 is 1.16 bits per heavy atom. The molecule has 0 saturated carbocycles. The van der Waals surface area contributed by atoms with Crippen LogP contribution in [-0.2, 0) is 4.79 Å². The topological polar surface area (TPSA) is 69.6 Å². The van der Waals surface area contributed by atoms with Crippen molar-refractivity contribution in [1.82, 2.24) is 19.8 Å². The van der Waals surface area contributed by atoms with Gasteiger partial charge in [-0.05, 0) is 25.1 Å². The van der Waals surface area contributed by atoms with E-state index >= 15 is 0 Å². The summed E-state index contributed by atoms with van der Waals surface area (Å²) in [6.45, 7) is 4.86. The van der Waals surface area contributed by atoms with Gasteiger partial charge in [-0.15, -0.1) is 0 Å². The molecule has 1 aliphatic rings. The van der Waals surface area contributed by atoms with Crippen LogP contribution >= 0.6 is 0 Å². The number of amides is 2. The average Bonchev–Trinajstić information content (AvgIpc) is 2.69. The zero-order valence-electron chi connectivity index (χ0n) is 14.2. The van der Waals surface area contributed by atoms with Gasteiger partial charge < -0.3 is 14.7 Å². The third-order valence-corrected chi connectivity index (χ3v) is 4.24. The molecule has 0 radical (unpaired) electrons. The summed E-state index contributed by atoms with van der Waals surface area (Å²) in [5.74, 6) is 0.379. The molecule has 2 heterocycles. The molecule has 0 spiro atoms. The van der Waals surface area contributed by atoms with Crippen LogP contribution in [0.25, 0.3) is 0 Å². The van der Waals surface area contributed by atoms with Crippen LogP contribution in [0.3, 0.4) is 0 Å². The molecule has 7 nitrogen and oxygen atoms in total. The average molecular weight is 339 g/mol. The van der Waals surface area contributed by atoms with Crippen LogP contribution in [0.2, 0.25) is 0 Å². The van der Waals surface area contributed by atoms with Gasteiger partial charge in [0.2, 0.25) is 12.4 Å². The van der Waals surface area contributed by atoms with Crippen molar-refractivity contribution in [1.29, 1.82) is 0 Å². The van der Waals surface area contributed by atoms with Crippen molar-refractivity contribution < 1.29 is 9.59 Å². The Balaban J connectivity index is 1.79. The van der Waals surface area contributed by atoms with E-state index in [9.17, 15) is 9.59 Å². The van der Waals surface area contributed by atoms with Crippen LogP contribution in [-0.4, -0.2) is 64.8 Å². The molecule has 7 heteroatoms. The highest BCUT2D eigenvalue weighted by Gasteiger charge is 2.23. The van der Waals surface area contributed by atoms with Crippen molar-refractivity contribution >= 4 is 24.0 Å². The molecule has 1 saturated heterocycles. The number of para-hydroxylation sites is 1. The third kappa shape index (κ3) is 3.76. The first-order valence-corrected chi connectivity index (χ1v) is 8.37. The van der Waals surface area contributed by atoms with Gasteiger partial charge in [0.25, 0.3) is 5.91 Å². The zero-order chi connectivity index (χ0) is 17.6. The van der Waals surface area contributed by atoms with E-state index in [1.165, 1.54) is 0 Å². The maximum Gasteiger partial charge on any atom is 0.272 e. The molecule has 1 aliphatic heterocycles. The summed E-state index contributed by atoms with van der Waals surface area (Å²) >= 11 is 0. The Morgan fingerprint density at radius 3 is 2.52 bits per heavy atom. The Hall–Kier alpha value is -2.96. The molecule has 2 amide bonds. The smallest absolute Gasteiger partial charge is 0.272 e. The summed E-state index contributed by atoms with van der Waals surface area (Å²) in [4.78, 5) is 37.7. The third-order valence-electron chi connectivity index (χ3n) is 4.24. The number of carbonyl (C=O) groups is 2. The van der Waals surface area contributed by atoms with E-state index in [1.54, 1.807) is 22.1 Å². The number of hydrogen-bond donors (Lipinski definition) is 0. The second-order valence-electron chi connectivity index (χ2n) is 5.76. The lowest BCUT2D eigenvalue weighted by molar-refractivity contribution is -0.119. The van der Waals surface area contributed by atoms with Gasteiger partial charge >= 0.3 is 0 Å². The maximum absolute atomic E-state index is 12.7. The summed E-state index contributed by atoms with van der Waals surface area (Å²) in [7, 11) is 0. The molecule has 0 N–H and O–H groups in total. The highest BCUT2D eigenvalue weighted by atomic mass is 16.2. The van der Waals surface area contributed by atoms with Gasteiger partial charge in [0, 0.05) is 44.6 Å². The van der Waals surface area contributed by atoms with Gasteiger partial charge in [-0.25, -0.2) is 9.97 Å². The standard InChI is InChI=1S/C18H21N5O2/c1-2-23(15-6-4-3-5-7-15)18-19-9-8-16(20-18)17(25)22-12-10-21(14-24)11-13-22/h3-9,14H,2,10-13H2,1H3. The van der Waals surface area contributed by atoms with E-state index in [-0.39, 0.29) is 5.91 Å². The van der Waals surface area contributed by atoms with Crippen molar-refractivity contribution in [3.63, 3.8) is 0 Å². The zero-order valence-corrected chi connectivity index (χ0v) is 14.2. The minimum absolute atomic E-state index is 0.127. The van der Waals surface area contributed by atoms with Crippen molar-refractivity contribution in [2.24, 2.45) is 0 Å². The monoisotopic (exact) mass is 339 g/mol. The van der Waals surface area contributed by atoms with E-state index in [2.05, 4.69) is 9.97 Å². The van der Waals surface area contributed by atoms with Crippen LogP contribution in [0.5, 0.6) is 0 Å². The first-order valence-electron chi connectivity index (χ1n) is 8.37. The number of benzene rings is 1. The first-order chi connectivity index (χ1) is 12.2. The second kappa shape index (κ2) is 7.74. The maximum atomic E-state index is 12.7. The Kier molecular flexibility index (Phi) is 5.23. The molecular weight excluding hydrogens is 318 g/mol. The number of carbonyl (C=O) groups excluding carboxylic acids is 2.